The fourth-order valence-corrected chi connectivity index (χ4v) is 2.55. The zero-order chi connectivity index (χ0) is 9.42. The molecule has 0 unspecified atom stereocenters. The largest absolute Gasteiger partial charge is 0.382 e. The zero-order valence-electron chi connectivity index (χ0n) is 7.02. The van der Waals surface area contributed by atoms with E-state index in [1.807, 2.05) is 11.5 Å². The van der Waals surface area contributed by atoms with Gasteiger partial charge in [-0.15, -0.1) is 0 Å². The molecule has 0 saturated heterocycles. The topological polar surface area (TPSA) is 56.7 Å². The van der Waals surface area contributed by atoms with Gasteiger partial charge >= 0.3 is 0 Å². The average molecular weight is 212 g/mol. The molecule has 0 spiro atoms. The Morgan fingerprint density at radius 3 is 3.08 bits per heavy atom. The van der Waals surface area contributed by atoms with Crippen molar-refractivity contribution < 1.29 is 0 Å². The van der Waals surface area contributed by atoms with Gasteiger partial charge in [0.2, 0.25) is 0 Å². The SMILES string of the molecule is CCn1c(=S)sc2c(N)ncnc21. The summed E-state index contributed by atoms with van der Waals surface area (Å²) in [5, 5.41) is 0. The Kier molecular flexibility index (Phi) is 2.01. The van der Waals surface area contributed by atoms with Gasteiger partial charge in [0.05, 0.1) is 0 Å². The van der Waals surface area contributed by atoms with Gasteiger partial charge in [-0.3, -0.25) is 0 Å². The summed E-state index contributed by atoms with van der Waals surface area (Å²) in [5.41, 5.74) is 6.53. The van der Waals surface area contributed by atoms with Gasteiger partial charge in [-0.05, 0) is 19.1 Å². The number of nitrogen functional groups attached to an aromatic ring is 1. The van der Waals surface area contributed by atoms with E-state index >= 15 is 0 Å². The quantitative estimate of drug-likeness (QED) is 0.733. The lowest BCUT2D eigenvalue weighted by Gasteiger charge is -1.97. The average Bonchev–Trinajstić information content (AvgIpc) is 2.43. The summed E-state index contributed by atoms with van der Waals surface area (Å²) in [6.45, 7) is 2.84. The maximum Gasteiger partial charge on any atom is 0.163 e. The Labute approximate surface area is 84.1 Å². The highest BCUT2D eigenvalue weighted by Crippen LogP contribution is 2.24. The molecule has 2 aromatic rings. The molecule has 0 bridgehead atoms. The van der Waals surface area contributed by atoms with Crippen molar-refractivity contribution in [2.45, 2.75) is 13.5 Å². The van der Waals surface area contributed by atoms with Crippen LogP contribution in [0.25, 0.3) is 10.3 Å². The molecule has 6 heteroatoms. The summed E-state index contributed by atoms with van der Waals surface area (Å²) < 4.78 is 3.63. The maximum absolute atomic E-state index is 5.69. The lowest BCUT2D eigenvalue weighted by atomic mass is 10.5. The maximum atomic E-state index is 5.69. The van der Waals surface area contributed by atoms with E-state index in [1.165, 1.54) is 17.7 Å². The molecule has 0 fully saturated rings. The Morgan fingerprint density at radius 1 is 1.62 bits per heavy atom. The van der Waals surface area contributed by atoms with E-state index < -0.39 is 0 Å². The second-order valence-electron chi connectivity index (χ2n) is 2.52. The van der Waals surface area contributed by atoms with Crippen LogP contribution in [0.2, 0.25) is 0 Å². The minimum atomic E-state index is 0.508. The van der Waals surface area contributed by atoms with E-state index in [2.05, 4.69) is 9.97 Å². The van der Waals surface area contributed by atoms with Crippen LogP contribution in [-0.4, -0.2) is 14.5 Å². The third-order valence-electron chi connectivity index (χ3n) is 1.79. The van der Waals surface area contributed by atoms with Crippen LogP contribution < -0.4 is 5.73 Å². The number of fused-ring (bicyclic) bond motifs is 1. The number of hydrogen-bond donors (Lipinski definition) is 1. The smallest absolute Gasteiger partial charge is 0.163 e. The summed E-state index contributed by atoms with van der Waals surface area (Å²) in [6, 6.07) is 0. The van der Waals surface area contributed by atoms with Crippen LogP contribution in [-0.2, 0) is 6.54 Å². The number of hydrogen-bond acceptors (Lipinski definition) is 5. The Bertz CT molecular complexity index is 499. The molecule has 2 aromatic heterocycles. The minimum absolute atomic E-state index is 0.508. The van der Waals surface area contributed by atoms with E-state index in [-0.39, 0.29) is 0 Å². The predicted octanol–water partition coefficient (Wildman–Crippen LogP) is 1.82. The van der Waals surface area contributed by atoms with Crippen molar-refractivity contribution in [1.82, 2.24) is 14.5 Å². The Balaban J connectivity index is 2.94. The molecule has 68 valence electrons. The number of anilines is 1. The molecule has 2 N–H and O–H groups in total. The molecule has 0 aliphatic heterocycles. The van der Waals surface area contributed by atoms with E-state index in [0.717, 1.165) is 20.8 Å². The van der Waals surface area contributed by atoms with E-state index in [1.54, 1.807) is 0 Å². The van der Waals surface area contributed by atoms with Crippen molar-refractivity contribution in [2.24, 2.45) is 0 Å². The van der Waals surface area contributed by atoms with Crippen molar-refractivity contribution in [2.75, 3.05) is 5.73 Å². The predicted molar refractivity (Wildman–Crippen MR) is 56.3 cm³/mol. The van der Waals surface area contributed by atoms with Gasteiger partial charge in [-0.25, -0.2) is 9.97 Å². The Morgan fingerprint density at radius 2 is 2.38 bits per heavy atom. The van der Waals surface area contributed by atoms with Gasteiger partial charge in [-0.1, -0.05) is 11.3 Å². The van der Waals surface area contributed by atoms with Crippen molar-refractivity contribution in [3.8, 4) is 0 Å². The number of nitrogens with zero attached hydrogens (tertiary/aromatic N) is 3. The molecule has 0 aliphatic rings. The van der Waals surface area contributed by atoms with Gasteiger partial charge in [0, 0.05) is 6.54 Å². The van der Waals surface area contributed by atoms with E-state index in [4.69, 9.17) is 18.0 Å². The van der Waals surface area contributed by atoms with Gasteiger partial charge in [0.25, 0.3) is 0 Å². The lowest BCUT2D eigenvalue weighted by molar-refractivity contribution is 0.782. The fourth-order valence-electron chi connectivity index (χ4n) is 1.18. The molecule has 0 saturated carbocycles. The highest BCUT2D eigenvalue weighted by Gasteiger charge is 2.07. The summed E-state index contributed by atoms with van der Waals surface area (Å²) in [7, 11) is 0. The lowest BCUT2D eigenvalue weighted by Crippen LogP contribution is -1.97. The van der Waals surface area contributed by atoms with Crippen LogP contribution in [0.15, 0.2) is 6.33 Å². The third kappa shape index (κ3) is 1.22. The van der Waals surface area contributed by atoms with Gasteiger partial charge in [0.15, 0.2) is 9.60 Å². The summed E-state index contributed by atoms with van der Waals surface area (Å²) in [4.78, 5) is 8.06. The summed E-state index contributed by atoms with van der Waals surface area (Å²) in [5.74, 6) is 0.508. The van der Waals surface area contributed by atoms with Crippen LogP contribution in [0.4, 0.5) is 5.82 Å². The van der Waals surface area contributed by atoms with Crippen LogP contribution in [0.1, 0.15) is 6.92 Å². The van der Waals surface area contributed by atoms with Gasteiger partial charge in [0.1, 0.15) is 16.8 Å². The van der Waals surface area contributed by atoms with E-state index in [0.29, 0.717) is 5.82 Å². The van der Waals surface area contributed by atoms with Crippen molar-refractivity contribution in [3.05, 3.63) is 10.3 Å². The molecular formula is C7H8N4S2. The molecule has 0 aliphatic carbocycles. The van der Waals surface area contributed by atoms with Crippen molar-refractivity contribution in [1.29, 1.82) is 0 Å². The standard InChI is InChI=1S/C7H8N4S2/c1-2-11-6-4(13-7(11)12)5(8)9-3-10-6/h3H,2H2,1H3,(H2,8,9,10). The van der Waals surface area contributed by atoms with Crippen LogP contribution in [0, 0.1) is 3.95 Å². The number of nitrogens with two attached hydrogens (primary N) is 1. The number of rotatable bonds is 1. The first-order valence-corrected chi connectivity index (χ1v) is 5.06. The van der Waals surface area contributed by atoms with Gasteiger partial charge in [-0.2, -0.15) is 0 Å². The second kappa shape index (κ2) is 3.04. The van der Waals surface area contributed by atoms with E-state index in [9.17, 15) is 0 Å². The van der Waals surface area contributed by atoms with Gasteiger partial charge < -0.3 is 10.3 Å². The molecule has 2 rings (SSSR count). The molecule has 0 atom stereocenters. The highest BCUT2D eigenvalue weighted by atomic mass is 32.1. The first-order valence-electron chi connectivity index (χ1n) is 3.84. The van der Waals surface area contributed by atoms with Crippen LogP contribution in [0.3, 0.4) is 0 Å². The molecular weight excluding hydrogens is 204 g/mol. The van der Waals surface area contributed by atoms with Crippen LogP contribution >= 0.6 is 23.6 Å². The molecule has 0 amide bonds. The monoisotopic (exact) mass is 212 g/mol. The summed E-state index contributed by atoms with van der Waals surface area (Å²) >= 11 is 6.63. The molecule has 0 aromatic carbocycles. The number of thiazole rings is 1. The number of aryl methyl sites for hydroxylation is 1. The molecule has 0 radical (unpaired) electrons. The van der Waals surface area contributed by atoms with Crippen molar-refractivity contribution >= 4 is 39.7 Å². The third-order valence-corrected chi connectivity index (χ3v) is 3.26. The first-order chi connectivity index (χ1) is 6.24. The fraction of sp³-hybridized carbons (Fsp3) is 0.286. The zero-order valence-corrected chi connectivity index (χ0v) is 8.65. The first kappa shape index (κ1) is 8.58. The van der Waals surface area contributed by atoms with Crippen LogP contribution in [0.5, 0.6) is 0 Å². The Hall–Kier alpha value is -1.01. The second-order valence-corrected chi connectivity index (χ2v) is 4.17. The normalized spacial score (nSPS) is 10.8. The number of aromatic nitrogens is 3. The minimum Gasteiger partial charge on any atom is -0.382 e. The molecule has 13 heavy (non-hydrogen) atoms. The summed E-state index contributed by atoms with van der Waals surface area (Å²) in [6.07, 6.45) is 1.46. The van der Waals surface area contributed by atoms with Crippen molar-refractivity contribution in [3.63, 3.8) is 0 Å². The molecule has 2 heterocycles. The highest BCUT2D eigenvalue weighted by molar-refractivity contribution is 7.73. The molecule has 4 nitrogen and oxygen atoms in total.